The van der Waals surface area contributed by atoms with Crippen LogP contribution in [0.3, 0.4) is 0 Å². The fourth-order valence-corrected chi connectivity index (χ4v) is 2.99. The van der Waals surface area contributed by atoms with Crippen LogP contribution in [0.5, 0.6) is 0 Å². The van der Waals surface area contributed by atoms with Crippen LogP contribution in [-0.4, -0.2) is 57.2 Å². The van der Waals surface area contributed by atoms with Crippen LogP contribution in [0, 0.1) is 0 Å². The fraction of sp³-hybridized carbons (Fsp3) is 0.615. The number of hydrogen-bond donors (Lipinski definition) is 2. The van der Waals surface area contributed by atoms with E-state index in [1.807, 2.05) is 20.2 Å². The number of nitrogens with zero attached hydrogens (tertiary/aromatic N) is 1. The number of rotatable bonds is 5. The van der Waals surface area contributed by atoms with Crippen molar-refractivity contribution in [3.05, 3.63) is 22.4 Å². The normalized spacial score (nSPS) is 19.3. The standard InChI is InChI=1S/C13H21N3O2S.2ClH/c1-16(2)10(12-4-3-7-19-12)8-15-13(17)11-9-14-5-6-18-11;;/h3-4,7,10-11,14H,5-6,8-9H2,1-2H3,(H,15,17);2*1H. The van der Waals surface area contributed by atoms with E-state index in [0.717, 1.165) is 6.54 Å². The summed E-state index contributed by atoms with van der Waals surface area (Å²) < 4.78 is 5.44. The Kier molecular flexibility index (Phi) is 10.2. The lowest BCUT2D eigenvalue weighted by atomic mass is 10.2. The highest BCUT2D eigenvalue weighted by molar-refractivity contribution is 7.10. The van der Waals surface area contributed by atoms with E-state index in [-0.39, 0.29) is 42.9 Å². The highest BCUT2D eigenvalue weighted by Gasteiger charge is 2.23. The molecule has 1 aromatic rings. The van der Waals surface area contributed by atoms with Gasteiger partial charge in [-0.3, -0.25) is 4.79 Å². The third-order valence-corrected chi connectivity index (χ3v) is 4.16. The number of hydrogen-bond acceptors (Lipinski definition) is 5. The first-order chi connectivity index (χ1) is 9.18. The van der Waals surface area contributed by atoms with Gasteiger partial charge >= 0.3 is 0 Å². The highest BCUT2D eigenvalue weighted by Crippen LogP contribution is 2.22. The third kappa shape index (κ3) is 6.10. The Morgan fingerprint density at radius 3 is 2.86 bits per heavy atom. The number of likely N-dealkylation sites (N-methyl/N-ethyl adjacent to an activating group) is 1. The number of morpholine rings is 1. The summed E-state index contributed by atoms with van der Waals surface area (Å²) in [6.07, 6.45) is -0.361. The first kappa shape index (κ1) is 20.6. The first-order valence-electron chi connectivity index (χ1n) is 6.48. The third-order valence-electron chi connectivity index (χ3n) is 3.18. The van der Waals surface area contributed by atoms with Crippen molar-refractivity contribution in [1.82, 2.24) is 15.5 Å². The Morgan fingerprint density at radius 1 is 1.57 bits per heavy atom. The zero-order chi connectivity index (χ0) is 13.7. The van der Waals surface area contributed by atoms with Gasteiger partial charge in [-0.25, -0.2) is 0 Å². The van der Waals surface area contributed by atoms with Crippen LogP contribution in [0.2, 0.25) is 0 Å². The summed E-state index contributed by atoms with van der Waals surface area (Å²) in [7, 11) is 4.05. The van der Waals surface area contributed by atoms with Gasteiger partial charge in [-0.2, -0.15) is 0 Å². The van der Waals surface area contributed by atoms with Crippen molar-refractivity contribution in [2.75, 3.05) is 40.3 Å². The van der Waals surface area contributed by atoms with Crippen molar-refractivity contribution < 1.29 is 9.53 Å². The van der Waals surface area contributed by atoms with Crippen LogP contribution >= 0.6 is 36.2 Å². The molecule has 2 rings (SSSR count). The van der Waals surface area contributed by atoms with Crippen molar-refractivity contribution >= 4 is 42.1 Å². The quantitative estimate of drug-likeness (QED) is 0.835. The molecule has 5 nitrogen and oxygen atoms in total. The van der Waals surface area contributed by atoms with Gasteiger partial charge in [0.1, 0.15) is 6.10 Å². The minimum absolute atomic E-state index is 0. The van der Waals surface area contributed by atoms with E-state index in [4.69, 9.17) is 4.74 Å². The number of nitrogens with one attached hydrogen (secondary N) is 2. The van der Waals surface area contributed by atoms with Gasteiger partial charge < -0.3 is 20.3 Å². The molecule has 0 spiro atoms. The number of ether oxygens (including phenoxy) is 1. The Hall–Kier alpha value is -0.370. The average molecular weight is 356 g/mol. The molecular weight excluding hydrogens is 333 g/mol. The van der Waals surface area contributed by atoms with Crippen LogP contribution < -0.4 is 10.6 Å². The summed E-state index contributed by atoms with van der Waals surface area (Å²) >= 11 is 1.71. The maximum Gasteiger partial charge on any atom is 0.250 e. The molecule has 2 N–H and O–H groups in total. The Labute approximate surface area is 142 Å². The van der Waals surface area contributed by atoms with Gasteiger partial charge in [0, 0.05) is 24.5 Å². The van der Waals surface area contributed by atoms with E-state index < -0.39 is 0 Å². The van der Waals surface area contributed by atoms with E-state index in [1.165, 1.54) is 4.88 Å². The van der Waals surface area contributed by atoms with Gasteiger partial charge in [0.25, 0.3) is 5.91 Å². The lowest BCUT2D eigenvalue weighted by Crippen LogP contribution is -2.49. The minimum atomic E-state index is -0.361. The van der Waals surface area contributed by atoms with Gasteiger partial charge in [-0.05, 0) is 25.5 Å². The molecule has 1 amide bonds. The van der Waals surface area contributed by atoms with Gasteiger partial charge in [0.2, 0.25) is 0 Å². The molecule has 0 radical (unpaired) electrons. The second kappa shape index (κ2) is 10.4. The second-order valence-electron chi connectivity index (χ2n) is 4.80. The maximum atomic E-state index is 12.0. The zero-order valence-corrected chi connectivity index (χ0v) is 14.7. The van der Waals surface area contributed by atoms with E-state index in [9.17, 15) is 4.79 Å². The predicted molar refractivity (Wildman–Crippen MR) is 90.9 cm³/mol. The average Bonchev–Trinajstić information content (AvgIpc) is 2.93. The van der Waals surface area contributed by atoms with Crippen LogP contribution in [0.15, 0.2) is 17.5 Å². The highest BCUT2D eigenvalue weighted by atomic mass is 35.5. The molecule has 1 aliphatic heterocycles. The van der Waals surface area contributed by atoms with Gasteiger partial charge in [-0.15, -0.1) is 36.2 Å². The maximum absolute atomic E-state index is 12.0. The number of amides is 1. The van der Waals surface area contributed by atoms with Crippen molar-refractivity contribution in [2.24, 2.45) is 0 Å². The number of thiophene rings is 1. The van der Waals surface area contributed by atoms with Crippen molar-refractivity contribution in [1.29, 1.82) is 0 Å². The molecule has 21 heavy (non-hydrogen) atoms. The first-order valence-corrected chi connectivity index (χ1v) is 7.36. The minimum Gasteiger partial charge on any atom is -0.366 e. The molecule has 2 heterocycles. The van der Waals surface area contributed by atoms with Crippen LogP contribution in [0.25, 0.3) is 0 Å². The summed E-state index contributed by atoms with van der Waals surface area (Å²) in [5.74, 6) is -0.0318. The number of halogens is 2. The van der Waals surface area contributed by atoms with Gasteiger partial charge in [-0.1, -0.05) is 6.07 Å². The Morgan fingerprint density at radius 2 is 2.33 bits per heavy atom. The van der Waals surface area contributed by atoms with Crippen LogP contribution in [-0.2, 0) is 9.53 Å². The van der Waals surface area contributed by atoms with E-state index in [0.29, 0.717) is 19.7 Å². The van der Waals surface area contributed by atoms with E-state index >= 15 is 0 Å². The predicted octanol–water partition coefficient (Wildman–Crippen LogP) is 1.30. The largest absolute Gasteiger partial charge is 0.366 e. The van der Waals surface area contributed by atoms with Crippen LogP contribution in [0.1, 0.15) is 10.9 Å². The molecule has 1 saturated heterocycles. The summed E-state index contributed by atoms with van der Waals surface area (Å²) in [6.45, 7) is 2.61. The van der Waals surface area contributed by atoms with E-state index in [2.05, 4.69) is 27.0 Å². The van der Waals surface area contributed by atoms with Gasteiger partial charge in [0.05, 0.1) is 12.6 Å². The van der Waals surface area contributed by atoms with Crippen molar-refractivity contribution in [3.8, 4) is 0 Å². The molecule has 0 aromatic carbocycles. The Balaban J connectivity index is 0.00000200. The summed E-state index contributed by atoms with van der Waals surface area (Å²) in [4.78, 5) is 15.4. The second-order valence-corrected chi connectivity index (χ2v) is 5.78. The number of carbonyl (C=O) groups excluding carboxylic acids is 1. The lowest BCUT2D eigenvalue weighted by Gasteiger charge is -2.26. The molecule has 122 valence electrons. The monoisotopic (exact) mass is 355 g/mol. The molecular formula is C13H23Cl2N3O2S. The van der Waals surface area contributed by atoms with E-state index in [1.54, 1.807) is 11.3 Å². The molecule has 0 aliphatic carbocycles. The smallest absolute Gasteiger partial charge is 0.250 e. The number of carbonyl (C=O) groups is 1. The summed E-state index contributed by atoms with van der Waals surface area (Å²) in [5, 5.41) is 8.20. The molecule has 2 unspecified atom stereocenters. The molecule has 1 fully saturated rings. The molecule has 0 saturated carbocycles. The molecule has 2 atom stereocenters. The molecule has 1 aliphatic rings. The summed E-state index contributed by atoms with van der Waals surface area (Å²) in [5.41, 5.74) is 0. The molecule has 1 aromatic heterocycles. The van der Waals surface area contributed by atoms with Crippen molar-refractivity contribution in [3.63, 3.8) is 0 Å². The summed E-state index contributed by atoms with van der Waals surface area (Å²) in [6, 6.07) is 4.34. The lowest BCUT2D eigenvalue weighted by molar-refractivity contribution is -0.134. The zero-order valence-electron chi connectivity index (χ0n) is 12.2. The topological polar surface area (TPSA) is 53.6 Å². The SMILES string of the molecule is CN(C)C(CNC(=O)C1CNCCO1)c1cccs1.Cl.Cl. The van der Waals surface area contributed by atoms with Gasteiger partial charge in [0.15, 0.2) is 0 Å². The van der Waals surface area contributed by atoms with Crippen molar-refractivity contribution in [2.45, 2.75) is 12.1 Å². The Bertz CT molecular complexity index is 398. The van der Waals surface area contributed by atoms with Crippen LogP contribution in [0.4, 0.5) is 0 Å². The molecule has 8 heteroatoms. The fourth-order valence-electron chi connectivity index (χ4n) is 2.06. The molecule has 0 bridgehead atoms.